The zero-order valence-electron chi connectivity index (χ0n) is 17.9. The average Bonchev–Trinajstić information content (AvgIpc) is 3.57. The molecule has 0 spiro atoms. The van der Waals surface area contributed by atoms with E-state index in [-0.39, 0.29) is 29.9 Å². The first-order valence-electron chi connectivity index (χ1n) is 10.3. The first-order chi connectivity index (χ1) is 15.3. The van der Waals surface area contributed by atoms with Crippen LogP contribution in [-0.4, -0.2) is 57.5 Å². The maximum Gasteiger partial charge on any atom is 0.273 e. The van der Waals surface area contributed by atoms with E-state index >= 15 is 0 Å². The molecule has 1 aliphatic carbocycles. The molecule has 2 heterocycles. The lowest BCUT2D eigenvalue weighted by molar-refractivity contribution is 0.0647. The average molecular weight is 479 g/mol. The summed E-state index contributed by atoms with van der Waals surface area (Å²) in [4.78, 5) is 40.1. The van der Waals surface area contributed by atoms with Crippen LogP contribution in [0.4, 0.5) is 4.39 Å². The Bertz CT molecular complexity index is 1120. The molecule has 170 valence electrons. The molecular formula is C22H24ClFN4O3S. The molecule has 2 aromatic rings. The molecule has 0 saturated heterocycles. The van der Waals surface area contributed by atoms with E-state index in [1.807, 2.05) is 13.3 Å². The summed E-state index contributed by atoms with van der Waals surface area (Å²) in [6, 6.07) is 7.75. The van der Waals surface area contributed by atoms with Crippen molar-refractivity contribution >= 4 is 35.4 Å². The molecule has 0 unspecified atom stereocenters. The summed E-state index contributed by atoms with van der Waals surface area (Å²) in [5.41, 5.74) is -0.572. The van der Waals surface area contributed by atoms with Gasteiger partial charge in [-0.2, -0.15) is 0 Å². The predicted molar refractivity (Wildman–Crippen MR) is 122 cm³/mol. The summed E-state index contributed by atoms with van der Waals surface area (Å²) in [6.45, 7) is 1.09. The minimum absolute atomic E-state index is 0.102. The Balaban J connectivity index is 1.53. The van der Waals surface area contributed by atoms with Crippen LogP contribution < -0.4 is 10.9 Å². The molecule has 1 N–H and O–H groups in total. The van der Waals surface area contributed by atoms with Gasteiger partial charge in [-0.3, -0.25) is 19.0 Å². The van der Waals surface area contributed by atoms with Crippen LogP contribution >= 0.6 is 23.5 Å². The Morgan fingerprint density at radius 2 is 1.94 bits per heavy atom. The molecule has 7 nitrogen and oxygen atoms in total. The Hall–Kier alpha value is -2.36. The molecule has 4 rings (SSSR count). The predicted octanol–water partition coefficient (Wildman–Crippen LogP) is 2.77. The normalized spacial score (nSPS) is 16.8. The van der Waals surface area contributed by atoms with Gasteiger partial charge in [0.25, 0.3) is 17.4 Å². The molecule has 2 amide bonds. The van der Waals surface area contributed by atoms with Gasteiger partial charge >= 0.3 is 0 Å². The van der Waals surface area contributed by atoms with Crippen LogP contribution in [0.2, 0.25) is 5.02 Å². The third-order valence-corrected chi connectivity index (χ3v) is 7.38. The Morgan fingerprint density at radius 1 is 1.25 bits per heavy atom. The third kappa shape index (κ3) is 4.29. The molecule has 1 aliphatic heterocycles. The second kappa shape index (κ2) is 8.88. The summed E-state index contributed by atoms with van der Waals surface area (Å²) < 4.78 is 18.2. The van der Waals surface area contributed by atoms with Crippen molar-refractivity contribution in [1.82, 2.24) is 19.1 Å². The monoisotopic (exact) mass is 478 g/mol. The molecule has 1 aromatic carbocycles. The summed E-state index contributed by atoms with van der Waals surface area (Å²) in [6.07, 6.45) is 3.92. The molecule has 10 heteroatoms. The van der Waals surface area contributed by atoms with E-state index in [4.69, 9.17) is 11.6 Å². The number of carbonyl (C=O) groups excluding carboxylic acids is 2. The van der Waals surface area contributed by atoms with E-state index < -0.39 is 23.2 Å². The van der Waals surface area contributed by atoms with Crippen molar-refractivity contribution in [1.29, 1.82) is 0 Å². The van der Waals surface area contributed by atoms with Gasteiger partial charge in [-0.05, 0) is 49.9 Å². The fraction of sp³-hybridized carbons (Fsp3) is 0.409. The van der Waals surface area contributed by atoms with Crippen molar-refractivity contribution in [2.45, 2.75) is 31.5 Å². The van der Waals surface area contributed by atoms with Crippen LogP contribution in [0.3, 0.4) is 0 Å². The fourth-order valence-corrected chi connectivity index (χ4v) is 4.75. The Morgan fingerprint density at radius 3 is 2.56 bits per heavy atom. The van der Waals surface area contributed by atoms with E-state index in [1.165, 1.54) is 0 Å². The van der Waals surface area contributed by atoms with Gasteiger partial charge in [-0.15, -0.1) is 0 Å². The van der Waals surface area contributed by atoms with Crippen LogP contribution in [0.1, 0.15) is 39.3 Å². The van der Waals surface area contributed by atoms with Crippen LogP contribution in [0, 0.1) is 5.82 Å². The minimum Gasteiger partial charge on any atom is -0.348 e. The van der Waals surface area contributed by atoms with Crippen molar-refractivity contribution in [2.24, 2.45) is 0 Å². The smallest absolute Gasteiger partial charge is 0.273 e. The van der Waals surface area contributed by atoms with Crippen molar-refractivity contribution in [3.63, 3.8) is 0 Å². The van der Waals surface area contributed by atoms with Crippen LogP contribution in [0.25, 0.3) is 0 Å². The van der Waals surface area contributed by atoms with Crippen molar-refractivity contribution in [2.75, 3.05) is 26.4 Å². The highest BCUT2D eigenvalue weighted by Gasteiger charge is 2.49. The highest BCUT2D eigenvalue weighted by molar-refractivity contribution is 7.96. The second-order valence-corrected chi connectivity index (χ2v) is 9.50. The molecule has 0 radical (unpaired) electrons. The van der Waals surface area contributed by atoms with Gasteiger partial charge in [0.1, 0.15) is 11.3 Å². The molecule has 1 saturated carbocycles. The van der Waals surface area contributed by atoms with Gasteiger partial charge < -0.3 is 10.2 Å². The largest absolute Gasteiger partial charge is 0.348 e. The van der Waals surface area contributed by atoms with E-state index in [0.717, 1.165) is 29.0 Å². The van der Waals surface area contributed by atoms with Gasteiger partial charge in [-0.25, -0.2) is 8.70 Å². The minimum atomic E-state index is -0.862. The molecule has 0 bridgehead atoms. The summed E-state index contributed by atoms with van der Waals surface area (Å²) >= 11 is 7.45. The first-order valence-corrected chi connectivity index (χ1v) is 11.8. The molecule has 0 atom stereocenters. The number of likely N-dealkylation sites (N-methyl/N-ethyl adjacent to an activating group) is 1. The summed E-state index contributed by atoms with van der Waals surface area (Å²) in [5, 5.41) is 3.19. The number of hydrogen-bond donors (Lipinski definition) is 1. The van der Waals surface area contributed by atoms with Crippen molar-refractivity contribution < 1.29 is 14.0 Å². The maximum absolute atomic E-state index is 15.0. The van der Waals surface area contributed by atoms with Crippen LogP contribution in [-0.2, 0) is 13.1 Å². The molecular weight excluding hydrogens is 455 g/mol. The lowest BCUT2D eigenvalue weighted by atomic mass is 10.1. The third-order valence-electron chi connectivity index (χ3n) is 6.19. The molecule has 32 heavy (non-hydrogen) atoms. The highest BCUT2D eigenvalue weighted by Crippen LogP contribution is 2.44. The number of aromatic nitrogens is 1. The lowest BCUT2D eigenvalue weighted by Crippen LogP contribution is -2.51. The van der Waals surface area contributed by atoms with Gasteiger partial charge in [0.15, 0.2) is 5.82 Å². The van der Waals surface area contributed by atoms with E-state index in [9.17, 15) is 18.8 Å². The molecule has 1 aromatic heterocycles. The number of rotatable bonds is 7. The molecule has 2 aliphatic rings. The van der Waals surface area contributed by atoms with Crippen molar-refractivity contribution in [3.8, 4) is 0 Å². The van der Waals surface area contributed by atoms with Gasteiger partial charge in [-0.1, -0.05) is 35.7 Å². The standard InChI is InChI=1S/C22H24ClFN4O3S/c1-26(32-2)22(7-8-22)13-27-9-10-28-18(21(27)31)17(24)11-16(20(28)30)19(29)25-12-14-3-5-15(23)6-4-14/h3-6,11H,7-10,12-13H2,1-2H3,(H,25,29). The zero-order valence-corrected chi connectivity index (χ0v) is 19.4. The number of nitrogens with zero attached hydrogens (tertiary/aromatic N) is 3. The van der Waals surface area contributed by atoms with E-state index in [2.05, 4.69) is 9.62 Å². The van der Waals surface area contributed by atoms with Crippen molar-refractivity contribution in [3.05, 3.63) is 68.3 Å². The summed E-state index contributed by atoms with van der Waals surface area (Å²) in [7, 11) is 1.99. The van der Waals surface area contributed by atoms with Crippen LogP contribution in [0.5, 0.6) is 0 Å². The number of amides is 2. The Kier molecular flexibility index (Phi) is 6.33. The number of halogens is 2. The van der Waals surface area contributed by atoms with E-state index in [1.54, 1.807) is 41.1 Å². The SMILES string of the molecule is CSN(C)C1(CN2CCn3c(c(F)cc(C(=O)NCc4ccc(Cl)cc4)c3=O)C2=O)CC1. The number of nitrogens with one attached hydrogen (secondary N) is 1. The number of benzene rings is 1. The number of carbonyl (C=O) groups is 2. The second-order valence-electron chi connectivity index (χ2n) is 8.15. The molecule has 1 fully saturated rings. The van der Waals surface area contributed by atoms with Gasteiger partial charge in [0.2, 0.25) is 0 Å². The van der Waals surface area contributed by atoms with Crippen LogP contribution in [0.15, 0.2) is 35.1 Å². The summed E-state index contributed by atoms with van der Waals surface area (Å²) in [5.74, 6) is -2.06. The van der Waals surface area contributed by atoms with Gasteiger partial charge in [0, 0.05) is 36.7 Å². The number of fused-ring (bicyclic) bond motifs is 1. The number of hydrogen-bond acceptors (Lipinski definition) is 5. The number of pyridine rings is 1. The van der Waals surface area contributed by atoms with Gasteiger partial charge in [0.05, 0.1) is 0 Å². The van der Waals surface area contributed by atoms with E-state index in [0.29, 0.717) is 18.1 Å². The maximum atomic E-state index is 15.0. The Labute approximate surface area is 194 Å². The fourth-order valence-electron chi connectivity index (χ4n) is 3.99. The zero-order chi connectivity index (χ0) is 23.0. The lowest BCUT2D eigenvalue weighted by Gasteiger charge is -2.35. The topological polar surface area (TPSA) is 74.7 Å². The highest BCUT2D eigenvalue weighted by atomic mass is 35.5. The first kappa shape index (κ1) is 22.8. The quantitative estimate of drug-likeness (QED) is 0.619.